The molecule has 3 aromatic carbocycles. The van der Waals surface area contributed by atoms with E-state index in [0.29, 0.717) is 28.7 Å². The van der Waals surface area contributed by atoms with E-state index in [-0.39, 0.29) is 12.1 Å². The standard InChI is InChI=1S/C27H25N3O4/c1-32-25-15-21-23(16-26(25)33-2)28-14-13-24(21)34-19-10-8-18(9-11-19)29-27(31)30-22-12-7-17-5-3-4-6-20(17)22/h3-6,8-11,13-16,22H,7,12H2,1-2H3,(H2,29,30,31)/t22-/m0/s1. The molecule has 2 N–H and O–H groups in total. The van der Waals surface area contributed by atoms with Gasteiger partial charge in [0.2, 0.25) is 0 Å². The van der Waals surface area contributed by atoms with Crippen molar-refractivity contribution >= 4 is 22.6 Å². The number of aryl methyl sites for hydroxylation is 1. The van der Waals surface area contributed by atoms with Gasteiger partial charge in [-0.2, -0.15) is 0 Å². The number of amides is 2. The predicted molar refractivity (Wildman–Crippen MR) is 131 cm³/mol. The van der Waals surface area contributed by atoms with Crippen LogP contribution in [0.15, 0.2) is 72.9 Å². The Kier molecular flexibility index (Phi) is 5.91. The lowest BCUT2D eigenvalue weighted by Gasteiger charge is -2.15. The Morgan fingerprint density at radius 3 is 2.50 bits per heavy atom. The average Bonchev–Trinajstić information content (AvgIpc) is 3.27. The molecule has 2 amide bonds. The Morgan fingerprint density at radius 1 is 0.941 bits per heavy atom. The zero-order valence-corrected chi connectivity index (χ0v) is 19.0. The number of hydrogen-bond donors (Lipinski definition) is 2. The first-order chi connectivity index (χ1) is 16.6. The molecule has 1 aliphatic rings. The van der Waals surface area contributed by atoms with Crippen molar-refractivity contribution in [3.05, 3.63) is 84.1 Å². The average molecular weight is 456 g/mol. The highest BCUT2D eigenvalue weighted by Crippen LogP contribution is 2.37. The van der Waals surface area contributed by atoms with Crippen molar-refractivity contribution in [1.29, 1.82) is 0 Å². The van der Waals surface area contributed by atoms with Gasteiger partial charge in [0.05, 0.1) is 25.8 Å². The molecule has 7 heteroatoms. The van der Waals surface area contributed by atoms with Crippen molar-refractivity contribution in [2.45, 2.75) is 18.9 Å². The van der Waals surface area contributed by atoms with Gasteiger partial charge in [-0.15, -0.1) is 0 Å². The number of urea groups is 1. The van der Waals surface area contributed by atoms with Gasteiger partial charge in [-0.3, -0.25) is 4.98 Å². The molecule has 7 nitrogen and oxygen atoms in total. The lowest BCUT2D eigenvalue weighted by atomic mass is 10.1. The molecule has 0 radical (unpaired) electrons. The number of carbonyl (C=O) groups excluding carboxylic acids is 1. The fraction of sp³-hybridized carbons (Fsp3) is 0.185. The third kappa shape index (κ3) is 4.32. The summed E-state index contributed by atoms with van der Waals surface area (Å²) >= 11 is 0. The molecule has 0 saturated carbocycles. The molecule has 4 aromatic rings. The predicted octanol–water partition coefficient (Wildman–Crippen LogP) is 5.85. The summed E-state index contributed by atoms with van der Waals surface area (Å²) in [5, 5.41) is 6.77. The van der Waals surface area contributed by atoms with Crippen molar-refractivity contribution in [3.8, 4) is 23.0 Å². The van der Waals surface area contributed by atoms with Crippen LogP contribution in [0.3, 0.4) is 0 Å². The van der Waals surface area contributed by atoms with Crippen molar-refractivity contribution in [2.75, 3.05) is 19.5 Å². The number of carbonyl (C=O) groups is 1. The van der Waals surface area contributed by atoms with Gasteiger partial charge in [-0.1, -0.05) is 24.3 Å². The first-order valence-electron chi connectivity index (χ1n) is 11.1. The van der Waals surface area contributed by atoms with E-state index in [0.717, 1.165) is 23.7 Å². The summed E-state index contributed by atoms with van der Waals surface area (Å²) in [6, 6.07) is 20.8. The molecule has 0 bridgehead atoms. The number of pyridine rings is 1. The van der Waals surface area contributed by atoms with Gasteiger partial charge in [0.15, 0.2) is 11.5 Å². The molecular formula is C27H25N3O4. The number of hydrogen-bond acceptors (Lipinski definition) is 5. The Morgan fingerprint density at radius 2 is 1.71 bits per heavy atom. The molecular weight excluding hydrogens is 430 g/mol. The minimum absolute atomic E-state index is 0.0365. The van der Waals surface area contributed by atoms with Crippen LogP contribution in [0.1, 0.15) is 23.6 Å². The number of ether oxygens (including phenoxy) is 3. The number of benzene rings is 3. The molecule has 1 aliphatic carbocycles. The van der Waals surface area contributed by atoms with Crippen LogP contribution >= 0.6 is 0 Å². The van der Waals surface area contributed by atoms with Crippen molar-refractivity contribution in [2.24, 2.45) is 0 Å². The molecule has 34 heavy (non-hydrogen) atoms. The van der Waals surface area contributed by atoms with Gasteiger partial charge in [0.1, 0.15) is 11.5 Å². The van der Waals surface area contributed by atoms with Crippen LogP contribution in [0.2, 0.25) is 0 Å². The summed E-state index contributed by atoms with van der Waals surface area (Å²) in [6.07, 6.45) is 3.58. The first kappa shape index (κ1) is 21.6. The van der Waals surface area contributed by atoms with Crippen molar-refractivity contribution in [1.82, 2.24) is 10.3 Å². The topological polar surface area (TPSA) is 81.7 Å². The summed E-state index contributed by atoms with van der Waals surface area (Å²) in [5.74, 6) is 2.49. The second-order valence-corrected chi connectivity index (χ2v) is 8.05. The van der Waals surface area contributed by atoms with E-state index in [1.807, 2.05) is 48.5 Å². The second-order valence-electron chi connectivity index (χ2n) is 8.05. The summed E-state index contributed by atoms with van der Waals surface area (Å²) in [4.78, 5) is 16.9. The fourth-order valence-corrected chi connectivity index (χ4v) is 4.30. The Hall–Kier alpha value is -4.26. The van der Waals surface area contributed by atoms with Crippen LogP contribution in [-0.2, 0) is 6.42 Å². The highest BCUT2D eigenvalue weighted by atomic mass is 16.5. The Labute approximate surface area is 197 Å². The summed E-state index contributed by atoms with van der Waals surface area (Å²) in [7, 11) is 3.18. The third-order valence-electron chi connectivity index (χ3n) is 5.99. The Bertz CT molecular complexity index is 1340. The van der Waals surface area contributed by atoms with Gasteiger partial charge in [-0.05, 0) is 60.4 Å². The maximum absolute atomic E-state index is 12.5. The highest BCUT2D eigenvalue weighted by molar-refractivity contribution is 5.90. The van der Waals surface area contributed by atoms with Crippen LogP contribution in [-0.4, -0.2) is 25.2 Å². The van der Waals surface area contributed by atoms with Crippen molar-refractivity contribution in [3.63, 3.8) is 0 Å². The summed E-state index contributed by atoms with van der Waals surface area (Å²) < 4.78 is 16.9. The smallest absolute Gasteiger partial charge is 0.319 e. The van der Waals surface area contributed by atoms with Gasteiger partial charge < -0.3 is 24.8 Å². The number of anilines is 1. The second kappa shape index (κ2) is 9.31. The fourth-order valence-electron chi connectivity index (χ4n) is 4.30. The van der Waals surface area contributed by atoms with Gasteiger partial charge >= 0.3 is 6.03 Å². The molecule has 0 spiro atoms. The first-order valence-corrected chi connectivity index (χ1v) is 11.1. The number of rotatable bonds is 6. The molecule has 172 valence electrons. The minimum Gasteiger partial charge on any atom is -0.493 e. The normalized spacial score (nSPS) is 14.4. The quantitative estimate of drug-likeness (QED) is 0.381. The maximum Gasteiger partial charge on any atom is 0.319 e. The van der Waals surface area contributed by atoms with E-state index < -0.39 is 0 Å². The van der Waals surface area contributed by atoms with E-state index in [1.54, 1.807) is 26.5 Å². The number of nitrogens with one attached hydrogen (secondary N) is 2. The van der Waals surface area contributed by atoms with E-state index in [1.165, 1.54) is 11.1 Å². The lowest BCUT2D eigenvalue weighted by Crippen LogP contribution is -2.31. The number of fused-ring (bicyclic) bond motifs is 2. The molecule has 0 saturated heterocycles. The number of methoxy groups -OCH3 is 2. The maximum atomic E-state index is 12.5. The van der Waals surface area contributed by atoms with Crippen LogP contribution in [0.5, 0.6) is 23.0 Å². The van der Waals surface area contributed by atoms with E-state index in [2.05, 4.69) is 27.8 Å². The zero-order chi connectivity index (χ0) is 23.5. The van der Waals surface area contributed by atoms with E-state index >= 15 is 0 Å². The van der Waals surface area contributed by atoms with E-state index in [4.69, 9.17) is 14.2 Å². The van der Waals surface area contributed by atoms with Crippen LogP contribution in [0.4, 0.5) is 10.5 Å². The molecule has 0 fully saturated rings. The summed E-state index contributed by atoms with van der Waals surface area (Å²) in [5.41, 5.74) is 3.91. The minimum atomic E-state index is -0.225. The van der Waals surface area contributed by atoms with E-state index in [9.17, 15) is 4.79 Å². The van der Waals surface area contributed by atoms with Gasteiger partial charge in [0.25, 0.3) is 0 Å². The number of aromatic nitrogens is 1. The molecule has 0 aliphatic heterocycles. The monoisotopic (exact) mass is 455 g/mol. The SMILES string of the molecule is COc1cc2nccc(Oc3ccc(NC(=O)N[C@H]4CCc5ccccc54)cc3)c2cc1OC. The summed E-state index contributed by atoms with van der Waals surface area (Å²) in [6.45, 7) is 0. The van der Waals surface area contributed by atoms with Gasteiger partial charge in [-0.25, -0.2) is 4.79 Å². The van der Waals surface area contributed by atoms with Crippen molar-refractivity contribution < 1.29 is 19.0 Å². The van der Waals surface area contributed by atoms with Crippen LogP contribution in [0, 0.1) is 0 Å². The Balaban J connectivity index is 1.27. The molecule has 1 heterocycles. The molecule has 1 atom stereocenters. The molecule has 5 rings (SSSR count). The molecule has 0 unspecified atom stereocenters. The highest BCUT2D eigenvalue weighted by Gasteiger charge is 2.23. The largest absolute Gasteiger partial charge is 0.493 e. The number of nitrogens with zero attached hydrogens (tertiary/aromatic N) is 1. The lowest BCUT2D eigenvalue weighted by molar-refractivity contribution is 0.248. The van der Waals surface area contributed by atoms with Crippen LogP contribution < -0.4 is 24.8 Å². The van der Waals surface area contributed by atoms with Crippen LogP contribution in [0.25, 0.3) is 10.9 Å². The molecule has 1 aromatic heterocycles. The third-order valence-corrected chi connectivity index (χ3v) is 5.99. The van der Waals surface area contributed by atoms with Gasteiger partial charge in [0, 0.05) is 23.3 Å². The zero-order valence-electron chi connectivity index (χ0n) is 19.0.